The molecule has 0 saturated carbocycles. The number of para-hydroxylation sites is 1. The van der Waals surface area contributed by atoms with E-state index in [9.17, 15) is 13.2 Å². The number of piperidine rings is 1. The quantitative estimate of drug-likeness (QED) is 0.249. The summed E-state index contributed by atoms with van der Waals surface area (Å²) in [6.07, 6.45) is 4.00. The molecule has 0 bridgehead atoms. The number of hydrogen-bond donors (Lipinski definition) is 1. The predicted octanol–water partition coefficient (Wildman–Crippen LogP) is 6.69. The predicted molar refractivity (Wildman–Crippen MR) is 162 cm³/mol. The van der Waals surface area contributed by atoms with E-state index in [4.69, 9.17) is 16.6 Å². The van der Waals surface area contributed by atoms with E-state index < -0.39 is 16.1 Å². The zero-order valence-corrected chi connectivity index (χ0v) is 25.5. The zero-order valence-electron chi connectivity index (χ0n) is 21.5. The molecule has 3 aromatic heterocycles. The van der Waals surface area contributed by atoms with Gasteiger partial charge in [-0.05, 0) is 62.1 Å². The molecule has 1 aromatic carbocycles. The van der Waals surface area contributed by atoms with Crippen molar-refractivity contribution in [2.45, 2.75) is 55.8 Å². The average molecular weight is 621 g/mol. The number of nitrogens with one attached hydrogen (secondary N) is 1. The fourth-order valence-corrected chi connectivity index (χ4v) is 11.1. The number of anilines is 1. The number of hydrogen-bond acceptors (Lipinski definition) is 8. The van der Waals surface area contributed by atoms with Crippen LogP contribution < -0.4 is 5.32 Å². The molecule has 1 amide bonds. The van der Waals surface area contributed by atoms with Gasteiger partial charge < -0.3 is 5.32 Å². The number of aromatic nitrogens is 1. The lowest BCUT2D eigenvalue weighted by molar-refractivity contribution is -0.120. The summed E-state index contributed by atoms with van der Waals surface area (Å²) < 4.78 is 30.0. The Morgan fingerprint density at radius 2 is 1.97 bits per heavy atom. The summed E-state index contributed by atoms with van der Waals surface area (Å²) in [6, 6.07) is 10.4. The van der Waals surface area contributed by atoms with E-state index in [0.29, 0.717) is 17.3 Å². The van der Waals surface area contributed by atoms with E-state index in [1.54, 1.807) is 28.7 Å². The van der Waals surface area contributed by atoms with E-state index in [0.717, 1.165) is 82.4 Å². The molecule has 4 aromatic rings. The molecule has 0 radical (unpaired) electrons. The Morgan fingerprint density at radius 3 is 2.74 bits per heavy atom. The van der Waals surface area contributed by atoms with Crippen LogP contribution in [0.2, 0.25) is 4.34 Å². The first-order valence-electron chi connectivity index (χ1n) is 13.2. The second-order valence-corrected chi connectivity index (χ2v) is 15.9. The van der Waals surface area contributed by atoms with Crippen LogP contribution in [0.4, 0.5) is 5.00 Å². The van der Waals surface area contributed by atoms with Gasteiger partial charge in [0.2, 0.25) is 5.91 Å². The highest BCUT2D eigenvalue weighted by atomic mass is 35.5. The van der Waals surface area contributed by atoms with E-state index in [-0.39, 0.29) is 10.1 Å². The molecule has 0 spiro atoms. The van der Waals surface area contributed by atoms with Gasteiger partial charge in [-0.1, -0.05) is 37.1 Å². The monoisotopic (exact) mass is 620 g/mol. The summed E-state index contributed by atoms with van der Waals surface area (Å²) in [6.45, 7) is 5.37. The summed E-state index contributed by atoms with van der Waals surface area (Å²) in [7, 11) is -3.83. The number of halogens is 1. The molecule has 2 aliphatic heterocycles. The van der Waals surface area contributed by atoms with Crippen LogP contribution in [0, 0.1) is 0 Å². The van der Waals surface area contributed by atoms with Crippen molar-refractivity contribution in [3.05, 3.63) is 51.2 Å². The van der Waals surface area contributed by atoms with Crippen LogP contribution in [0.5, 0.6) is 0 Å². The smallest absolute Gasteiger partial charge is 0.253 e. The number of nitrogens with zero attached hydrogens (tertiary/aromatic N) is 3. The lowest BCUT2D eigenvalue weighted by Crippen LogP contribution is -2.49. The van der Waals surface area contributed by atoms with Crippen LogP contribution in [0.3, 0.4) is 0 Å². The van der Waals surface area contributed by atoms with Gasteiger partial charge in [-0.15, -0.1) is 34.0 Å². The number of carbonyl (C=O) groups excluding carboxylic acids is 1. The molecule has 39 heavy (non-hydrogen) atoms. The van der Waals surface area contributed by atoms with Crippen molar-refractivity contribution in [3.63, 3.8) is 0 Å². The van der Waals surface area contributed by atoms with Crippen LogP contribution in [0.1, 0.15) is 43.0 Å². The maximum Gasteiger partial charge on any atom is 0.253 e. The number of carbonyl (C=O) groups is 1. The molecule has 2 aliphatic rings. The standard InChI is InChI=1S/C27H29ClN4O3S4/c1-2-13-31-15-12-17-21(16-31)37-27(24(17)26-29-18-7-3-4-9-20(18)36-26)30-25(33)19-8-5-6-14-32(19)39(34,35)23-11-10-22(28)38-23/h3-4,7,9-11,19H,2,5-6,8,12-16H2,1H3,(H,30,33). The van der Waals surface area contributed by atoms with Crippen LogP contribution >= 0.6 is 45.6 Å². The Balaban J connectivity index is 1.36. The minimum atomic E-state index is -3.83. The minimum absolute atomic E-state index is 0.171. The summed E-state index contributed by atoms with van der Waals surface area (Å²) in [5, 5.41) is 4.85. The Morgan fingerprint density at radius 1 is 1.13 bits per heavy atom. The molecule has 1 saturated heterocycles. The number of fused-ring (bicyclic) bond motifs is 2. The van der Waals surface area contributed by atoms with Gasteiger partial charge >= 0.3 is 0 Å². The van der Waals surface area contributed by atoms with Crippen molar-refractivity contribution in [1.29, 1.82) is 0 Å². The summed E-state index contributed by atoms with van der Waals surface area (Å²) in [5.74, 6) is -0.285. The molecule has 1 unspecified atom stereocenters. The largest absolute Gasteiger partial charge is 0.316 e. The third-order valence-electron chi connectivity index (χ3n) is 7.29. The van der Waals surface area contributed by atoms with E-state index in [1.807, 2.05) is 18.2 Å². The van der Waals surface area contributed by atoms with Gasteiger partial charge in [0.25, 0.3) is 10.0 Å². The first-order chi connectivity index (χ1) is 18.8. The van der Waals surface area contributed by atoms with Crippen molar-refractivity contribution in [2.75, 3.05) is 25.0 Å². The summed E-state index contributed by atoms with van der Waals surface area (Å²) >= 11 is 10.3. The normalized spacial score (nSPS) is 18.9. The van der Waals surface area contributed by atoms with Gasteiger partial charge in [0, 0.05) is 30.1 Å². The van der Waals surface area contributed by atoms with Gasteiger partial charge in [-0.2, -0.15) is 4.31 Å². The fraction of sp³-hybridized carbons (Fsp3) is 0.407. The molecule has 5 heterocycles. The number of sulfonamides is 1. The van der Waals surface area contributed by atoms with Crippen LogP contribution in [-0.2, 0) is 27.8 Å². The molecular formula is C27H29ClN4O3S4. The number of thiazole rings is 1. The fourth-order valence-electron chi connectivity index (χ4n) is 5.46. The SMILES string of the molecule is CCCN1CCc2c(sc(NC(=O)C3CCCCN3S(=O)(=O)c3ccc(Cl)s3)c2-c2nc3ccccc3s2)C1. The zero-order chi connectivity index (χ0) is 27.1. The second-order valence-electron chi connectivity index (χ2n) is 9.90. The third-order valence-corrected chi connectivity index (χ3v) is 13.1. The highest BCUT2D eigenvalue weighted by Gasteiger charge is 2.39. The van der Waals surface area contributed by atoms with Gasteiger partial charge in [0.1, 0.15) is 20.3 Å². The maximum atomic E-state index is 13.8. The molecule has 206 valence electrons. The van der Waals surface area contributed by atoms with Gasteiger partial charge in [-0.3, -0.25) is 9.69 Å². The van der Waals surface area contributed by atoms with Gasteiger partial charge in [0.05, 0.1) is 14.6 Å². The third kappa shape index (κ3) is 5.30. The Kier molecular flexibility index (Phi) is 7.84. The van der Waals surface area contributed by atoms with Crippen LogP contribution in [0.15, 0.2) is 40.6 Å². The molecule has 1 N–H and O–H groups in total. The van der Waals surface area contributed by atoms with Crippen molar-refractivity contribution in [1.82, 2.24) is 14.2 Å². The highest BCUT2D eigenvalue weighted by molar-refractivity contribution is 7.91. The lowest BCUT2D eigenvalue weighted by Gasteiger charge is -2.33. The number of amides is 1. The van der Waals surface area contributed by atoms with Crippen molar-refractivity contribution in [3.8, 4) is 10.6 Å². The van der Waals surface area contributed by atoms with Crippen molar-refractivity contribution < 1.29 is 13.2 Å². The lowest BCUT2D eigenvalue weighted by atomic mass is 10.0. The van der Waals surface area contributed by atoms with E-state index >= 15 is 0 Å². The van der Waals surface area contributed by atoms with E-state index in [2.05, 4.69) is 23.2 Å². The number of benzene rings is 1. The van der Waals surface area contributed by atoms with Gasteiger partial charge in [-0.25, -0.2) is 13.4 Å². The molecule has 1 fully saturated rings. The molecule has 12 heteroatoms. The minimum Gasteiger partial charge on any atom is -0.316 e. The summed E-state index contributed by atoms with van der Waals surface area (Å²) in [5.41, 5.74) is 3.19. The molecule has 7 nitrogen and oxygen atoms in total. The average Bonchev–Trinajstić information content (AvgIpc) is 3.65. The maximum absolute atomic E-state index is 13.8. The summed E-state index contributed by atoms with van der Waals surface area (Å²) in [4.78, 5) is 22.5. The Labute approximate surface area is 245 Å². The highest BCUT2D eigenvalue weighted by Crippen LogP contribution is 2.46. The Bertz CT molecular complexity index is 1590. The molecular weight excluding hydrogens is 592 g/mol. The second kappa shape index (κ2) is 11.2. The topological polar surface area (TPSA) is 82.6 Å². The molecule has 0 aliphatic carbocycles. The first kappa shape index (κ1) is 27.3. The van der Waals surface area contributed by atoms with E-state index in [1.165, 1.54) is 20.8 Å². The first-order valence-corrected chi connectivity index (χ1v) is 17.4. The van der Waals surface area contributed by atoms with Crippen LogP contribution in [-0.4, -0.2) is 54.2 Å². The number of rotatable bonds is 7. The molecule has 6 rings (SSSR count). The van der Waals surface area contributed by atoms with Crippen molar-refractivity contribution in [2.24, 2.45) is 0 Å². The van der Waals surface area contributed by atoms with Crippen LogP contribution in [0.25, 0.3) is 20.8 Å². The van der Waals surface area contributed by atoms with Crippen molar-refractivity contribution >= 4 is 76.8 Å². The molecule has 1 atom stereocenters. The number of thiophene rings is 2. The van der Waals surface area contributed by atoms with Gasteiger partial charge in [0.15, 0.2) is 0 Å². The Hall–Kier alpha value is -1.86.